The fourth-order valence-electron chi connectivity index (χ4n) is 2.42. The normalized spacial score (nSPS) is 34.5. The summed E-state index contributed by atoms with van der Waals surface area (Å²) < 4.78 is 25.9. The van der Waals surface area contributed by atoms with Gasteiger partial charge in [-0.1, -0.05) is 26.2 Å². The first kappa shape index (κ1) is 11.9. The summed E-state index contributed by atoms with van der Waals surface area (Å²) in [6.07, 6.45) is 3.14. The van der Waals surface area contributed by atoms with Gasteiger partial charge >= 0.3 is 0 Å². The molecule has 1 nitrogen and oxygen atoms in total. The summed E-state index contributed by atoms with van der Waals surface area (Å²) in [4.78, 5) is 0. The van der Waals surface area contributed by atoms with Gasteiger partial charge in [-0.3, -0.25) is 0 Å². The van der Waals surface area contributed by atoms with Crippen molar-refractivity contribution in [3.63, 3.8) is 0 Å². The van der Waals surface area contributed by atoms with Gasteiger partial charge in [0.2, 0.25) is 0 Å². The van der Waals surface area contributed by atoms with Gasteiger partial charge in [0.15, 0.2) is 0 Å². The molecule has 0 bridgehead atoms. The fraction of sp³-hybridized carbons (Fsp3) is 1.00. The minimum atomic E-state index is -2.23. The Balaban J connectivity index is 2.61. The number of hydrogen-bond acceptors (Lipinski definition) is 1. The number of hydrogen-bond donors (Lipinski definition) is 1. The molecule has 0 aromatic carbocycles. The maximum Gasteiger partial charge on any atom is 0.256 e. The molecule has 1 N–H and O–H groups in total. The maximum atomic E-state index is 12.9. The van der Waals surface area contributed by atoms with Crippen LogP contribution in [0, 0.1) is 5.92 Å². The quantitative estimate of drug-likeness (QED) is 0.698. The lowest BCUT2D eigenvalue weighted by Gasteiger charge is -2.31. The molecule has 1 aliphatic rings. The molecule has 3 heteroatoms. The summed E-state index contributed by atoms with van der Waals surface area (Å²) in [5.74, 6) is 0.656. The Morgan fingerprint density at radius 2 is 2.07 bits per heavy atom. The Morgan fingerprint density at radius 3 is 2.57 bits per heavy atom. The number of alkyl halides is 2. The Hall–Kier alpha value is -0.180. The van der Waals surface area contributed by atoms with Crippen molar-refractivity contribution in [3.05, 3.63) is 0 Å². The Bertz CT molecular complexity index is 173. The van der Waals surface area contributed by atoms with Crippen molar-refractivity contribution in [1.82, 2.24) is 5.32 Å². The van der Waals surface area contributed by atoms with Crippen LogP contribution in [0.25, 0.3) is 0 Å². The van der Waals surface area contributed by atoms with E-state index in [-0.39, 0.29) is 0 Å². The first-order valence-electron chi connectivity index (χ1n) is 5.61. The molecule has 1 aliphatic carbocycles. The SMILES string of the molecule is CCC1CCCC(NC)(C(F)F)CC1. The van der Waals surface area contributed by atoms with E-state index in [1.54, 1.807) is 7.05 Å². The van der Waals surface area contributed by atoms with Crippen LogP contribution in [0.3, 0.4) is 0 Å². The first-order chi connectivity index (χ1) is 6.64. The van der Waals surface area contributed by atoms with E-state index >= 15 is 0 Å². The Labute approximate surface area is 85.3 Å². The van der Waals surface area contributed by atoms with Gasteiger partial charge in [-0.2, -0.15) is 0 Å². The van der Waals surface area contributed by atoms with Crippen LogP contribution in [0.4, 0.5) is 8.78 Å². The zero-order chi connectivity index (χ0) is 10.6. The summed E-state index contributed by atoms with van der Waals surface area (Å²) >= 11 is 0. The first-order valence-corrected chi connectivity index (χ1v) is 5.61. The van der Waals surface area contributed by atoms with Gasteiger partial charge < -0.3 is 5.32 Å². The molecule has 1 saturated carbocycles. The highest BCUT2D eigenvalue weighted by Gasteiger charge is 2.39. The van der Waals surface area contributed by atoms with Crippen molar-refractivity contribution >= 4 is 0 Å². The van der Waals surface area contributed by atoms with E-state index in [4.69, 9.17) is 0 Å². The van der Waals surface area contributed by atoms with E-state index in [1.807, 2.05) is 0 Å². The van der Waals surface area contributed by atoms with Crippen LogP contribution in [-0.2, 0) is 0 Å². The zero-order valence-electron chi connectivity index (χ0n) is 9.15. The van der Waals surface area contributed by atoms with Crippen molar-refractivity contribution in [3.8, 4) is 0 Å². The largest absolute Gasteiger partial charge is 0.309 e. The van der Waals surface area contributed by atoms with Crippen molar-refractivity contribution in [2.75, 3.05) is 7.05 Å². The molecule has 1 fully saturated rings. The molecule has 0 spiro atoms. The van der Waals surface area contributed by atoms with Crippen LogP contribution in [0.1, 0.15) is 45.4 Å². The molecule has 2 unspecified atom stereocenters. The van der Waals surface area contributed by atoms with Gasteiger partial charge in [0.1, 0.15) is 0 Å². The van der Waals surface area contributed by atoms with Crippen LogP contribution in [0.2, 0.25) is 0 Å². The third-order valence-electron chi connectivity index (χ3n) is 3.73. The van der Waals surface area contributed by atoms with Crippen molar-refractivity contribution in [1.29, 1.82) is 0 Å². The van der Waals surface area contributed by atoms with Gasteiger partial charge in [-0.25, -0.2) is 8.78 Å². The summed E-state index contributed by atoms with van der Waals surface area (Å²) in [7, 11) is 1.67. The lowest BCUT2D eigenvalue weighted by atomic mass is 9.90. The number of rotatable bonds is 3. The zero-order valence-corrected chi connectivity index (χ0v) is 9.15. The third kappa shape index (κ3) is 2.44. The second-order valence-corrected chi connectivity index (χ2v) is 4.41. The van der Waals surface area contributed by atoms with Gasteiger partial charge in [0.05, 0.1) is 5.54 Å². The molecule has 0 aromatic heterocycles. The summed E-state index contributed by atoms with van der Waals surface area (Å²) in [5, 5.41) is 2.85. The molecule has 0 saturated heterocycles. The van der Waals surface area contributed by atoms with Crippen LogP contribution < -0.4 is 5.32 Å². The highest BCUT2D eigenvalue weighted by molar-refractivity contribution is 4.92. The van der Waals surface area contributed by atoms with Crippen LogP contribution in [0.5, 0.6) is 0 Å². The van der Waals surface area contributed by atoms with Gasteiger partial charge in [-0.05, 0) is 32.2 Å². The highest BCUT2D eigenvalue weighted by Crippen LogP contribution is 2.35. The van der Waals surface area contributed by atoms with E-state index < -0.39 is 12.0 Å². The molecule has 0 aromatic rings. The van der Waals surface area contributed by atoms with E-state index in [9.17, 15) is 8.78 Å². The van der Waals surface area contributed by atoms with E-state index in [0.717, 1.165) is 25.7 Å². The Kier molecular flexibility index (Phi) is 4.30. The number of nitrogens with one attached hydrogen (secondary N) is 1. The number of halogens is 2. The summed E-state index contributed by atoms with van der Waals surface area (Å²) in [6, 6.07) is 0. The molecule has 0 amide bonds. The van der Waals surface area contributed by atoms with Gasteiger partial charge in [0, 0.05) is 0 Å². The average Bonchev–Trinajstić information content (AvgIpc) is 2.40. The van der Waals surface area contributed by atoms with Crippen LogP contribution >= 0.6 is 0 Å². The molecule has 0 radical (unpaired) electrons. The van der Waals surface area contributed by atoms with E-state index in [2.05, 4.69) is 12.2 Å². The predicted octanol–water partition coefficient (Wildman–Crippen LogP) is 3.20. The minimum absolute atomic E-state index is 0.623. The fourth-order valence-corrected chi connectivity index (χ4v) is 2.42. The summed E-state index contributed by atoms with van der Waals surface area (Å²) in [5.41, 5.74) is -0.899. The van der Waals surface area contributed by atoms with Gasteiger partial charge in [0.25, 0.3) is 6.43 Å². The molecule has 2 atom stereocenters. The molecule has 14 heavy (non-hydrogen) atoms. The second-order valence-electron chi connectivity index (χ2n) is 4.41. The predicted molar refractivity (Wildman–Crippen MR) is 54.7 cm³/mol. The molecular formula is C11H21F2N. The van der Waals surface area contributed by atoms with E-state index in [1.165, 1.54) is 0 Å². The average molecular weight is 205 g/mol. The molecule has 1 rings (SSSR count). The highest BCUT2D eigenvalue weighted by atomic mass is 19.3. The molecule has 0 heterocycles. The van der Waals surface area contributed by atoms with Gasteiger partial charge in [-0.15, -0.1) is 0 Å². The third-order valence-corrected chi connectivity index (χ3v) is 3.73. The second kappa shape index (κ2) is 5.06. The lowest BCUT2D eigenvalue weighted by molar-refractivity contribution is 0.0240. The lowest BCUT2D eigenvalue weighted by Crippen LogP contribution is -2.49. The topological polar surface area (TPSA) is 12.0 Å². The van der Waals surface area contributed by atoms with Crippen LogP contribution in [-0.4, -0.2) is 19.0 Å². The monoisotopic (exact) mass is 205 g/mol. The maximum absolute atomic E-state index is 12.9. The van der Waals surface area contributed by atoms with Crippen molar-refractivity contribution in [2.24, 2.45) is 5.92 Å². The van der Waals surface area contributed by atoms with Crippen molar-refractivity contribution in [2.45, 2.75) is 57.4 Å². The van der Waals surface area contributed by atoms with Crippen LogP contribution in [0.15, 0.2) is 0 Å². The molecule has 0 aliphatic heterocycles. The minimum Gasteiger partial charge on any atom is -0.309 e. The smallest absolute Gasteiger partial charge is 0.256 e. The standard InChI is InChI=1S/C11H21F2N/c1-3-9-5-4-7-11(14-2,8-6-9)10(12)13/h9-10,14H,3-8H2,1-2H3. The van der Waals surface area contributed by atoms with E-state index in [0.29, 0.717) is 18.8 Å². The molecular weight excluding hydrogens is 184 g/mol. The molecule has 84 valence electrons. The Morgan fingerprint density at radius 1 is 1.36 bits per heavy atom. The van der Waals surface area contributed by atoms with Crippen molar-refractivity contribution < 1.29 is 8.78 Å². The summed E-state index contributed by atoms with van der Waals surface area (Å²) in [6.45, 7) is 2.15.